The van der Waals surface area contributed by atoms with Crippen LogP contribution in [0.25, 0.3) is 11.1 Å². The average molecular weight is 225 g/mol. The van der Waals surface area contributed by atoms with E-state index in [0.29, 0.717) is 5.52 Å². The number of aromatic nitrogens is 3. The highest BCUT2D eigenvalue weighted by molar-refractivity contribution is 5.85. The zero-order valence-corrected chi connectivity index (χ0v) is 9.38. The van der Waals surface area contributed by atoms with E-state index in [1.807, 2.05) is 25.1 Å². The third-order valence-corrected chi connectivity index (χ3v) is 2.48. The van der Waals surface area contributed by atoms with Gasteiger partial charge in [0.1, 0.15) is 11.6 Å². The summed E-state index contributed by atoms with van der Waals surface area (Å²) < 4.78 is 1.56. The van der Waals surface area contributed by atoms with Crippen molar-refractivity contribution in [3.05, 3.63) is 42.3 Å². The number of nitriles is 1. The molecule has 0 spiro atoms. The van der Waals surface area contributed by atoms with Crippen LogP contribution in [0.3, 0.4) is 0 Å². The molecule has 0 fully saturated rings. The van der Waals surface area contributed by atoms with Gasteiger partial charge in [0.2, 0.25) is 5.95 Å². The minimum absolute atomic E-state index is 0.0804. The molecule has 0 aliphatic carbocycles. The minimum atomic E-state index is 0.0804. The molecular weight excluding hydrogens is 214 g/mol. The van der Waals surface area contributed by atoms with Crippen molar-refractivity contribution in [3.8, 4) is 6.07 Å². The van der Waals surface area contributed by atoms with Crippen LogP contribution in [0.15, 0.2) is 31.0 Å². The normalized spacial score (nSPS) is 11.4. The lowest BCUT2D eigenvalue weighted by atomic mass is 10.1. The van der Waals surface area contributed by atoms with E-state index in [9.17, 15) is 0 Å². The highest BCUT2D eigenvalue weighted by Gasteiger charge is 2.12. The number of anilines is 1. The highest BCUT2D eigenvalue weighted by Crippen LogP contribution is 2.24. The van der Waals surface area contributed by atoms with Crippen LogP contribution in [0.1, 0.15) is 18.2 Å². The Morgan fingerprint density at radius 3 is 3.00 bits per heavy atom. The van der Waals surface area contributed by atoms with Gasteiger partial charge in [0, 0.05) is 11.8 Å². The third kappa shape index (κ3) is 1.66. The topological polar surface area (TPSA) is 80.0 Å². The number of nitrogens with two attached hydrogens (primary N) is 1. The van der Waals surface area contributed by atoms with E-state index in [4.69, 9.17) is 11.0 Å². The molecule has 2 rings (SSSR count). The lowest BCUT2D eigenvalue weighted by Gasteiger charge is -2.02. The van der Waals surface area contributed by atoms with E-state index in [-0.39, 0.29) is 11.6 Å². The van der Waals surface area contributed by atoms with Gasteiger partial charge in [-0.1, -0.05) is 18.7 Å². The Kier molecular flexibility index (Phi) is 2.63. The fraction of sp³-hybridized carbons (Fsp3) is 0.0833. The Morgan fingerprint density at radius 2 is 2.41 bits per heavy atom. The minimum Gasteiger partial charge on any atom is -0.367 e. The third-order valence-electron chi connectivity index (χ3n) is 2.48. The van der Waals surface area contributed by atoms with Gasteiger partial charge in [0.05, 0.1) is 0 Å². The van der Waals surface area contributed by atoms with Gasteiger partial charge in [-0.3, -0.25) is 0 Å². The molecular formula is C12H11N5. The standard InChI is InChI=1S/C12H11N5/c1-3-8(4-2)9-5-6-17-11(9)10(7-13)15-12(14)16-17/h3-6H,1H2,2H3,(H2,14,16)/b8-4+. The van der Waals surface area contributed by atoms with Crippen molar-refractivity contribution in [1.82, 2.24) is 14.6 Å². The predicted molar refractivity (Wildman–Crippen MR) is 66.0 cm³/mol. The molecule has 2 aromatic rings. The summed E-state index contributed by atoms with van der Waals surface area (Å²) in [5, 5.41) is 13.1. The van der Waals surface area contributed by atoms with Crippen LogP contribution in [0.2, 0.25) is 0 Å². The first-order valence-electron chi connectivity index (χ1n) is 5.05. The van der Waals surface area contributed by atoms with E-state index in [1.54, 1.807) is 16.8 Å². The Morgan fingerprint density at radius 1 is 1.65 bits per heavy atom. The quantitative estimate of drug-likeness (QED) is 0.790. The fourth-order valence-corrected chi connectivity index (χ4v) is 1.74. The average Bonchev–Trinajstić information content (AvgIpc) is 2.73. The lowest BCUT2D eigenvalue weighted by molar-refractivity contribution is 0.911. The van der Waals surface area contributed by atoms with Crippen molar-refractivity contribution in [2.75, 3.05) is 5.73 Å². The molecule has 0 aromatic carbocycles. The van der Waals surface area contributed by atoms with Gasteiger partial charge < -0.3 is 5.73 Å². The van der Waals surface area contributed by atoms with Crippen LogP contribution in [0, 0.1) is 11.3 Å². The second-order valence-electron chi connectivity index (χ2n) is 3.40. The summed E-state index contributed by atoms with van der Waals surface area (Å²) in [5.41, 5.74) is 8.23. The number of hydrogen-bond donors (Lipinski definition) is 1. The molecule has 0 amide bonds. The first kappa shape index (κ1) is 10.9. The summed E-state index contributed by atoms with van der Waals surface area (Å²) in [5.74, 6) is 0.0804. The van der Waals surface area contributed by atoms with E-state index >= 15 is 0 Å². The molecule has 5 nitrogen and oxygen atoms in total. The number of rotatable bonds is 2. The second-order valence-corrected chi connectivity index (χ2v) is 3.40. The van der Waals surface area contributed by atoms with Crippen LogP contribution in [-0.4, -0.2) is 14.6 Å². The second kappa shape index (κ2) is 4.10. The Balaban J connectivity index is 2.85. The number of hydrogen-bond acceptors (Lipinski definition) is 4. The summed E-state index contributed by atoms with van der Waals surface area (Å²) in [7, 11) is 0. The maximum atomic E-state index is 9.08. The van der Waals surface area contributed by atoms with Crippen molar-refractivity contribution >= 4 is 17.0 Å². The molecule has 2 N–H and O–H groups in total. The molecule has 0 atom stereocenters. The summed E-state index contributed by atoms with van der Waals surface area (Å²) in [6, 6.07) is 3.89. The largest absolute Gasteiger partial charge is 0.367 e. The Hall–Kier alpha value is -2.61. The fourth-order valence-electron chi connectivity index (χ4n) is 1.74. The summed E-state index contributed by atoms with van der Waals surface area (Å²) in [6.45, 7) is 5.65. The van der Waals surface area contributed by atoms with Crippen LogP contribution in [-0.2, 0) is 0 Å². The van der Waals surface area contributed by atoms with Crippen LogP contribution in [0.4, 0.5) is 5.95 Å². The van der Waals surface area contributed by atoms with Gasteiger partial charge in [-0.15, -0.1) is 5.10 Å². The van der Waals surface area contributed by atoms with E-state index in [0.717, 1.165) is 11.1 Å². The van der Waals surface area contributed by atoms with Gasteiger partial charge in [-0.25, -0.2) is 4.52 Å². The molecule has 5 heteroatoms. The molecule has 2 aromatic heterocycles. The number of nitrogens with zero attached hydrogens (tertiary/aromatic N) is 4. The van der Waals surface area contributed by atoms with Gasteiger partial charge >= 0.3 is 0 Å². The molecule has 0 aliphatic heterocycles. The molecule has 17 heavy (non-hydrogen) atoms. The van der Waals surface area contributed by atoms with E-state index in [2.05, 4.69) is 16.7 Å². The van der Waals surface area contributed by atoms with Crippen LogP contribution >= 0.6 is 0 Å². The van der Waals surface area contributed by atoms with Crippen molar-refractivity contribution in [2.24, 2.45) is 0 Å². The summed E-state index contributed by atoms with van der Waals surface area (Å²) in [6.07, 6.45) is 5.39. The maximum absolute atomic E-state index is 9.08. The molecule has 2 heterocycles. The Labute approximate surface area is 98.5 Å². The molecule has 0 unspecified atom stereocenters. The zero-order chi connectivity index (χ0) is 12.4. The molecule has 0 saturated carbocycles. The predicted octanol–water partition coefficient (Wildman–Crippen LogP) is 1.77. The van der Waals surface area contributed by atoms with Gasteiger partial charge in [-0.05, 0) is 18.6 Å². The van der Waals surface area contributed by atoms with Crippen LogP contribution < -0.4 is 5.73 Å². The maximum Gasteiger partial charge on any atom is 0.239 e. The molecule has 84 valence electrons. The smallest absolute Gasteiger partial charge is 0.239 e. The SMILES string of the molecule is C=C/C(=C\C)c1ccn2nc(N)nc(C#N)c12. The summed E-state index contributed by atoms with van der Waals surface area (Å²) in [4.78, 5) is 3.93. The first-order chi connectivity index (χ1) is 8.21. The molecule has 0 saturated heterocycles. The van der Waals surface area contributed by atoms with Crippen molar-refractivity contribution in [3.63, 3.8) is 0 Å². The van der Waals surface area contributed by atoms with Gasteiger partial charge in [0.15, 0.2) is 5.69 Å². The zero-order valence-electron chi connectivity index (χ0n) is 9.38. The van der Waals surface area contributed by atoms with Gasteiger partial charge in [0.25, 0.3) is 0 Å². The Bertz CT molecular complexity index is 657. The van der Waals surface area contributed by atoms with Gasteiger partial charge in [-0.2, -0.15) is 10.2 Å². The molecule has 0 bridgehead atoms. The molecule has 0 aliphatic rings. The number of nitrogen functional groups attached to an aromatic ring is 1. The lowest BCUT2D eigenvalue weighted by Crippen LogP contribution is -2.03. The van der Waals surface area contributed by atoms with E-state index < -0.39 is 0 Å². The monoisotopic (exact) mass is 225 g/mol. The highest BCUT2D eigenvalue weighted by atomic mass is 15.3. The van der Waals surface area contributed by atoms with Crippen molar-refractivity contribution in [2.45, 2.75) is 6.92 Å². The number of allylic oxidation sites excluding steroid dienone is 3. The number of fused-ring (bicyclic) bond motifs is 1. The van der Waals surface area contributed by atoms with Crippen molar-refractivity contribution < 1.29 is 0 Å². The van der Waals surface area contributed by atoms with Crippen LogP contribution in [0.5, 0.6) is 0 Å². The van der Waals surface area contributed by atoms with Crippen molar-refractivity contribution in [1.29, 1.82) is 5.26 Å². The first-order valence-corrected chi connectivity index (χ1v) is 5.05. The van der Waals surface area contributed by atoms with E-state index in [1.165, 1.54) is 0 Å². The molecule has 0 radical (unpaired) electrons. The summed E-state index contributed by atoms with van der Waals surface area (Å²) >= 11 is 0.